The Morgan fingerprint density at radius 3 is 2.79 bits per heavy atom. The van der Waals surface area contributed by atoms with Crippen LogP contribution in [-0.4, -0.2) is 56.3 Å². The first-order chi connectivity index (χ1) is 9.27. The molecule has 6 heteroatoms. The van der Waals surface area contributed by atoms with Gasteiger partial charge in [-0.15, -0.1) is 0 Å². The molecule has 0 aromatic heterocycles. The smallest absolute Gasteiger partial charge is 0.205 e. The highest BCUT2D eigenvalue weighted by molar-refractivity contribution is 5.79. The first-order valence-corrected chi connectivity index (χ1v) is 7.34. The predicted molar refractivity (Wildman–Crippen MR) is 79.0 cm³/mol. The minimum atomic E-state index is 0.482. The molecule has 0 saturated carbocycles. The van der Waals surface area contributed by atoms with Crippen molar-refractivity contribution in [2.24, 2.45) is 10.8 Å². The van der Waals surface area contributed by atoms with E-state index >= 15 is 0 Å². The largest absolute Gasteiger partial charge is 0.382 e. The molecule has 0 spiro atoms. The number of hydrazine groups is 1. The molecule has 1 aliphatic heterocycles. The van der Waals surface area contributed by atoms with Crippen molar-refractivity contribution >= 4 is 5.96 Å². The van der Waals surface area contributed by atoms with E-state index in [0.29, 0.717) is 12.0 Å². The zero-order chi connectivity index (χ0) is 13.9. The van der Waals surface area contributed by atoms with E-state index < -0.39 is 0 Å². The Kier molecular flexibility index (Phi) is 8.53. The van der Waals surface area contributed by atoms with Crippen LogP contribution in [0.1, 0.15) is 33.1 Å². The summed E-state index contributed by atoms with van der Waals surface area (Å²) in [4.78, 5) is 6.97. The number of aliphatic imine (C=N–C) groups is 1. The number of hydrogen-bond acceptors (Lipinski definition) is 4. The normalized spacial score (nSPS) is 18.6. The standard InChI is InChI=1S/C13H29N5O/c1-3-19-10-6-7-15-13(17-14)16-11-12(2)18-8-4-5-9-18/h12H,3-11,14H2,1-2H3,(H2,15,16,17). The van der Waals surface area contributed by atoms with Gasteiger partial charge in [0.1, 0.15) is 0 Å². The van der Waals surface area contributed by atoms with E-state index in [0.717, 1.165) is 32.7 Å². The second-order valence-corrected chi connectivity index (χ2v) is 4.90. The lowest BCUT2D eigenvalue weighted by atomic mass is 10.3. The van der Waals surface area contributed by atoms with Crippen molar-refractivity contribution in [1.29, 1.82) is 0 Å². The molecule has 0 aromatic carbocycles. The summed E-state index contributed by atoms with van der Waals surface area (Å²) in [5.41, 5.74) is 2.62. The third-order valence-corrected chi connectivity index (χ3v) is 3.38. The quantitative estimate of drug-likeness (QED) is 0.195. The number of nitrogens with one attached hydrogen (secondary N) is 2. The molecule has 0 bridgehead atoms. The van der Waals surface area contributed by atoms with E-state index in [4.69, 9.17) is 10.6 Å². The Balaban J connectivity index is 2.18. The van der Waals surface area contributed by atoms with Gasteiger partial charge in [0.2, 0.25) is 5.96 Å². The zero-order valence-electron chi connectivity index (χ0n) is 12.3. The SMILES string of the molecule is CCOCCCNC(=NCC(C)N1CCCC1)NN. The summed E-state index contributed by atoms with van der Waals surface area (Å²) in [6, 6.07) is 0.482. The summed E-state index contributed by atoms with van der Waals surface area (Å²) in [6.45, 7) is 9.75. The number of nitrogens with zero attached hydrogens (tertiary/aromatic N) is 2. The molecule has 0 amide bonds. The average molecular weight is 271 g/mol. The molecule has 0 aliphatic carbocycles. The zero-order valence-corrected chi connectivity index (χ0v) is 12.3. The summed E-state index contributed by atoms with van der Waals surface area (Å²) in [5, 5.41) is 3.19. The second-order valence-electron chi connectivity index (χ2n) is 4.90. The Hall–Kier alpha value is -0.850. The highest BCUT2D eigenvalue weighted by Crippen LogP contribution is 2.11. The van der Waals surface area contributed by atoms with Gasteiger partial charge in [-0.25, -0.2) is 5.84 Å². The lowest BCUT2D eigenvalue weighted by molar-refractivity contribution is 0.145. The van der Waals surface area contributed by atoms with Gasteiger partial charge in [0, 0.05) is 25.8 Å². The highest BCUT2D eigenvalue weighted by atomic mass is 16.5. The Labute approximate surface area is 116 Å². The topological polar surface area (TPSA) is 74.9 Å². The van der Waals surface area contributed by atoms with Crippen LogP contribution in [0.2, 0.25) is 0 Å². The molecule has 1 heterocycles. The molecule has 112 valence electrons. The maximum absolute atomic E-state index is 5.47. The molecule has 1 aliphatic rings. The number of hydrogen-bond donors (Lipinski definition) is 3. The van der Waals surface area contributed by atoms with Crippen LogP contribution < -0.4 is 16.6 Å². The molecular formula is C13H29N5O. The molecule has 1 rings (SSSR count). The monoisotopic (exact) mass is 271 g/mol. The van der Waals surface area contributed by atoms with Gasteiger partial charge in [-0.05, 0) is 46.2 Å². The summed E-state index contributed by atoms with van der Waals surface area (Å²) in [6.07, 6.45) is 3.58. The lowest BCUT2D eigenvalue weighted by Crippen LogP contribution is -2.43. The van der Waals surface area contributed by atoms with E-state index in [-0.39, 0.29) is 0 Å². The maximum atomic E-state index is 5.47. The Morgan fingerprint density at radius 2 is 2.16 bits per heavy atom. The highest BCUT2D eigenvalue weighted by Gasteiger charge is 2.17. The number of ether oxygens (including phenoxy) is 1. The van der Waals surface area contributed by atoms with Crippen molar-refractivity contribution in [2.75, 3.05) is 39.4 Å². The van der Waals surface area contributed by atoms with Crippen molar-refractivity contribution in [3.8, 4) is 0 Å². The van der Waals surface area contributed by atoms with Gasteiger partial charge >= 0.3 is 0 Å². The minimum absolute atomic E-state index is 0.482. The molecule has 6 nitrogen and oxygen atoms in total. The average Bonchev–Trinajstić information content (AvgIpc) is 2.95. The van der Waals surface area contributed by atoms with Gasteiger partial charge in [0.15, 0.2) is 0 Å². The Morgan fingerprint density at radius 1 is 1.42 bits per heavy atom. The van der Waals surface area contributed by atoms with Crippen molar-refractivity contribution in [3.05, 3.63) is 0 Å². The van der Waals surface area contributed by atoms with Crippen LogP contribution in [0.15, 0.2) is 4.99 Å². The lowest BCUT2D eigenvalue weighted by Gasteiger charge is -2.22. The molecule has 1 unspecified atom stereocenters. The van der Waals surface area contributed by atoms with Crippen LogP contribution in [-0.2, 0) is 4.74 Å². The van der Waals surface area contributed by atoms with Crippen LogP contribution in [0.4, 0.5) is 0 Å². The summed E-state index contributed by atoms with van der Waals surface area (Å²) < 4.78 is 5.28. The van der Waals surface area contributed by atoms with Crippen LogP contribution in [0.3, 0.4) is 0 Å². The van der Waals surface area contributed by atoms with E-state index in [1.54, 1.807) is 0 Å². The van der Waals surface area contributed by atoms with Gasteiger partial charge < -0.3 is 10.1 Å². The molecule has 0 radical (unpaired) electrons. The van der Waals surface area contributed by atoms with Crippen LogP contribution >= 0.6 is 0 Å². The molecule has 1 saturated heterocycles. The molecule has 4 N–H and O–H groups in total. The third kappa shape index (κ3) is 6.75. The molecule has 19 heavy (non-hydrogen) atoms. The van der Waals surface area contributed by atoms with Gasteiger partial charge in [-0.3, -0.25) is 15.3 Å². The fourth-order valence-corrected chi connectivity index (χ4v) is 2.20. The summed E-state index contributed by atoms with van der Waals surface area (Å²) >= 11 is 0. The second kappa shape index (κ2) is 10.00. The third-order valence-electron chi connectivity index (χ3n) is 3.38. The van der Waals surface area contributed by atoms with Crippen LogP contribution in [0.5, 0.6) is 0 Å². The van der Waals surface area contributed by atoms with Crippen molar-refractivity contribution in [2.45, 2.75) is 39.2 Å². The summed E-state index contributed by atoms with van der Waals surface area (Å²) in [7, 11) is 0. The van der Waals surface area contributed by atoms with E-state index in [2.05, 4.69) is 27.6 Å². The Bertz CT molecular complexity index is 253. The first-order valence-electron chi connectivity index (χ1n) is 7.34. The van der Waals surface area contributed by atoms with E-state index in [1.165, 1.54) is 25.9 Å². The van der Waals surface area contributed by atoms with Gasteiger partial charge in [0.05, 0.1) is 6.54 Å². The van der Waals surface area contributed by atoms with E-state index in [9.17, 15) is 0 Å². The molecule has 0 aromatic rings. The van der Waals surface area contributed by atoms with Crippen molar-refractivity contribution in [1.82, 2.24) is 15.6 Å². The molecule has 1 fully saturated rings. The van der Waals surface area contributed by atoms with E-state index in [1.807, 2.05) is 6.92 Å². The fraction of sp³-hybridized carbons (Fsp3) is 0.923. The molecular weight excluding hydrogens is 242 g/mol. The fourth-order valence-electron chi connectivity index (χ4n) is 2.20. The molecule has 1 atom stereocenters. The van der Waals surface area contributed by atoms with Crippen molar-refractivity contribution < 1.29 is 4.74 Å². The van der Waals surface area contributed by atoms with Gasteiger partial charge in [-0.2, -0.15) is 0 Å². The van der Waals surface area contributed by atoms with Crippen LogP contribution in [0, 0.1) is 0 Å². The number of guanidine groups is 1. The van der Waals surface area contributed by atoms with Crippen LogP contribution in [0.25, 0.3) is 0 Å². The van der Waals surface area contributed by atoms with Crippen molar-refractivity contribution in [3.63, 3.8) is 0 Å². The number of likely N-dealkylation sites (tertiary alicyclic amines) is 1. The maximum Gasteiger partial charge on any atom is 0.205 e. The predicted octanol–water partition coefficient (Wildman–Crippen LogP) is 0.306. The summed E-state index contributed by atoms with van der Waals surface area (Å²) in [5.74, 6) is 6.13. The van der Waals surface area contributed by atoms with Gasteiger partial charge in [0.25, 0.3) is 0 Å². The first kappa shape index (κ1) is 16.2. The van der Waals surface area contributed by atoms with Gasteiger partial charge in [-0.1, -0.05) is 0 Å². The number of rotatable bonds is 8. The number of nitrogens with two attached hydrogens (primary N) is 1. The minimum Gasteiger partial charge on any atom is -0.382 e.